The molecule has 12 heavy (non-hydrogen) atoms. The molecule has 2 heteroatoms. The van der Waals surface area contributed by atoms with Crippen LogP contribution in [0.4, 0.5) is 0 Å². The average Bonchev–Trinajstić information content (AvgIpc) is 2.09. The van der Waals surface area contributed by atoms with Crippen LogP contribution in [-0.2, 0) is 6.42 Å². The van der Waals surface area contributed by atoms with E-state index in [2.05, 4.69) is 18.8 Å². The second-order valence-corrected chi connectivity index (χ2v) is 3.59. The molecule has 1 rings (SSSR count). The number of nitrogens with zero attached hydrogens (tertiary/aromatic N) is 1. The molecule has 0 radical (unpaired) electrons. The summed E-state index contributed by atoms with van der Waals surface area (Å²) in [5, 5.41) is 0.572. The molecule has 0 fully saturated rings. The lowest BCUT2D eigenvalue weighted by Gasteiger charge is -2.06. The highest BCUT2D eigenvalue weighted by molar-refractivity contribution is 6.29. The predicted molar refractivity (Wildman–Crippen MR) is 52.4 cm³/mol. The standard InChI is InChI=1S/C10H14ClN/c1-3-8(2)6-9-4-5-10(11)12-7-9/h4-5,7-8H,3,6H2,1-2H3/t8-/m1/s1. The summed E-state index contributed by atoms with van der Waals surface area (Å²) in [5.74, 6) is 0.730. The van der Waals surface area contributed by atoms with Gasteiger partial charge in [0, 0.05) is 6.20 Å². The summed E-state index contributed by atoms with van der Waals surface area (Å²) in [6.45, 7) is 4.45. The Hall–Kier alpha value is -0.560. The van der Waals surface area contributed by atoms with E-state index >= 15 is 0 Å². The molecule has 0 unspecified atom stereocenters. The zero-order valence-electron chi connectivity index (χ0n) is 7.55. The summed E-state index contributed by atoms with van der Waals surface area (Å²) < 4.78 is 0. The summed E-state index contributed by atoms with van der Waals surface area (Å²) in [6, 6.07) is 3.89. The molecule has 0 N–H and O–H groups in total. The summed E-state index contributed by atoms with van der Waals surface area (Å²) in [5.41, 5.74) is 1.27. The topological polar surface area (TPSA) is 12.9 Å². The minimum Gasteiger partial charge on any atom is -0.244 e. The number of rotatable bonds is 3. The third-order valence-electron chi connectivity index (χ3n) is 2.07. The Labute approximate surface area is 78.8 Å². The van der Waals surface area contributed by atoms with Crippen LogP contribution >= 0.6 is 11.6 Å². The van der Waals surface area contributed by atoms with Gasteiger partial charge in [0.15, 0.2) is 0 Å². The van der Waals surface area contributed by atoms with Crippen molar-refractivity contribution in [3.05, 3.63) is 29.0 Å². The first-order chi connectivity index (χ1) is 5.72. The van der Waals surface area contributed by atoms with Gasteiger partial charge in [0.25, 0.3) is 0 Å². The Balaban J connectivity index is 2.58. The van der Waals surface area contributed by atoms with Gasteiger partial charge in [0.1, 0.15) is 5.15 Å². The quantitative estimate of drug-likeness (QED) is 0.656. The van der Waals surface area contributed by atoms with Gasteiger partial charge >= 0.3 is 0 Å². The van der Waals surface area contributed by atoms with Gasteiger partial charge in [-0.15, -0.1) is 0 Å². The third-order valence-corrected chi connectivity index (χ3v) is 2.29. The van der Waals surface area contributed by atoms with E-state index in [-0.39, 0.29) is 0 Å². The second-order valence-electron chi connectivity index (χ2n) is 3.21. The summed E-state index contributed by atoms with van der Waals surface area (Å²) in [7, 11) is 0. The van der Waals surface area contributed by atoms with E-state index in [1.54, 1.807) is 0 Å². The van der Waals surface area contributed by atoms with Crippen molar-refractivity contribution in [3.63, 3.8) is 0 Å². The van der Waals surface area contributed by atoms with Crippen molar-refractivity contribution in [1.82, 2.24) is 4.98 Å². The number of hydrogen-bond acceptors (Lipinski definition) is 1. The predicted octanol–water partition coefficient (Wildman–Crippen LogP) is 3.32. The molecule has 1 atom stereocenters. The molecule has 0 aliphatic heterocycles. The first-order valence-corrected chi connectivity index (χ1v) is 4.70. The van der Waals surface area contributed by atoms with E-state index in [0.717, 1.165) is 12.3 Å². The van der Waals surface area contributed by atoms with Crippen molar-refractivity contribution in [1.29, 1.82) is 0 Å². The number of halogens is 1. The van der Waals surface area contributed by atoms with Gasteiger partial charge in [-0.25, -0.2) is 4.98 Å². The van der Waals surface area contributed by atoms with Gasteiger partial charge in [0.2, 0.25) is 0 Å². The fourth-order valence-electron chi connectivity index (χ4n) is 1.07. The molecule has 0 spiro atoms. The summed E-state index contributed by atoms with van der Waals surface area (Å²) >= 11 is 5.67. The van der Waals surface area contributed by atoms with Crippen LogP contribution in [0.1, 0.15) is 25.8 Å². The lowest BCUT2D eigenvalue weighted by molar-refractivity contribution is 0.559. The molecule has 0 aromatic carbocycles. The van der Waals surface area contributed by atoms with Crippen LogP contribution in [0.2, 0.25) is 5.15 Å². The van der Waals surface area contributed by atoms with Gasteiger partial charge in [-0.2, -0.15) is 0 Å². The van der Waals surface area contributed by atoms with E-state index in [1.807, 2.05) is 18.3 Å². The fourth-order valence-corrected chi connectivity index (χ4v) is 1.19. The monoisotopic (exact) mass is 183 g/mol. The molecule has 0 aliphatic carbocycles. The van der Waals surface area contributed by atoms with Crippen molar-refractivity contribution in [2.24, 2.45) is 5.92 Å². The fraction of sp³-hybridized carbons (Fsp3) is 0.500. The minimum absolute atomic E-state index is 0.572. The highest BCUT2D eigenvalue weighted by Crippen LogP contribution is 2.12. The first kappa shape index (κ1) is 9.53. The van der Waals surface area contributed by atoms with E-state index in [9.17, 15) is 0 Å². The Kier molecular flexibility index (Phi) is 3.54. The second kappa shape index (κ2) is 4.46. The lowest BCUT2D eigenvalue weighted by Crippen LogP contribution is -1.97. The third kappa shape index (κ3) is 2.82. The molecule has 1 aromatic heterocycles. The molecule has 0 bridgehead atoms. The maximum atomic E-state index is 5.67. The van der Waals surface area contributed by atoms with Crippen LogP contribution in [0.15, 0.2) is 18.3 Å². The molecule has 1 aromatic rings. The number of aromatic nitrogens is 1. The van der Waals surface area contributed by atoms with Crippen LogP contribution in [0, 0.1) is 5.92 Å². The maximum Gasteiger partial charge on any atom is 0.129 e. The van der Waals surface area contributed by atoms with Gasteiger partial charge in [-0.3, -0.25) is 0 Å². The molecular formula is C10H14ClN. The normalized spacial score (nSPS) is 12.9. The average molecular weight is 184 g/mol. The number of hydrogen-bond donors (Lipinski definition) is 0. The number of pyridine rings is 1. The van der Waals surface area contributed by atoms with E-state index in [1.165, 1.54) is 12.0 Å². The maximum absolute atomic E-state index is 5.67. The zero-order valence-corrected chi connectivity index (χ0v) is 8.30. The van der Waals surface area contributed by atoms with Crippen LogP contribution in [0.3, 0.4) is 0 Å². The van der Waals surface area contributed by atoms with Crippen molar-refractivity contribution in [3.8, 4) is 0 Å². The van der Waals surface area contributed by atoms with Crippen molar-refractivity contribution in [2.75, 3.05) is 0 Å². The lowest BCUT2D eigenvalue weighted by atomic mass is 10.0. The van der Waals surface area contributed by atoms with Gasteiger partial charge in [0.05, 0.1) is 0 Å². The van der Waals surface area contributed by atoms with E-state index < -0.39 is 0 Å². The Morgan fingerprint density at radius 3 is 2.75 bits per heavy atom. The first-order valence-electron chi connectivity index (χ1n) is 4.32. The van der Waals surface area contributed by atoms with Crippen LogP contribution in [0.25, 0.3) is 0 Å². The van der Waals surface area contributed by atoms with Crippen molar-refractivity contribution in [2.45, 2.75) is 26.7 Å². The van der Waals surface area contributed by atoms with E-state index in [4.69, 9.17) is 11.6 Å². The largest absolute Gasteiger partial charge is 0.244 e. The van der Waals surface area contributed by atoms with Crippen LogP contribution in [-0.4, -0.2) is 4.98 Å². The van der Waals surface area contributed by atoms with Crippen molar-refractivity contribution < 1.29 is 0 Å². The SMILES string of the molecule is CC[C@@H](C)Cc1ccc(Cl)nc1. The molecule has 0 amide bonds. The smallest absolute Gasteiger partial charge is 0.129 e. The summed E-state index contributed by atoms with van der Waals surface area (Å²) in [6.07, 6.45) is 4.16. The summed E-state index contributed by atoms with van der Waals surface area (Å²) in [4.78, 5) is 4.03. The van der Waals surface area contributed by atoms with Gasteiger partial charge in [-0.05, 0) is 24.0 Å². The Bertz CT molecular complexity index is 230. The highest BCUT2D eigenvalue weighted by atomic mass is 35.5. The molecule has 0 aliphatic rings. The Morgan fingerprint density at radius 1 is 1.50 bits per heavy atom. The highest BCUT2D eigenvalue weighted by Gasteiger charge is 2.00. The molecule has 1 heterocycles. The van der Waals surface area contributed by atoms with Crippen LogP contribution in [0.5, 0.6) is 0 Å². The molecule has 0 saturated carbocycles. The van der Waals surface area contributed by atoms with Gasteiger partial charge < -0.3 is 0 Å². The molecule has 1 nitrogen and oxygen atoms in total. The molecular weight excluding hydrogens is 170 g/mol. The molecule has 0 saturated heterocycles. The van der Waals surface area contributed by atoms with E-state index in [0.29, 0.717) is 5.15 Å². The Morgan fingerprint density at radius 2 is 2.25 bits per heavy atom. The molecule has 66 valence electrons. The zero-order chi connectivity index (χ0) is 8.97. The van der Waals surface area contributed by atoms with Gasteiger partial charge in [-0.1, -0.05) is 37.9 Å². The minimum atomic E-state index is 0.572. The van der Waals surface area contributed by atoms with Crippen molar-refractivity contribution >= 4 is 11.6 Å². The van der Waals surface area contributed by atoms with Crippen LogP contribution < -0.4 is 0 Å².